The minimum absolute atomic E-state index is 0.0279. The molecule has 0 saturated heterocycles. The quantitative estimate of drug-likeness (QED) is 0.335. The lowest BCUT2D eigenvalue weighted by atomic mass is 10.2. The van der Waals surface area contributed by atoms with E-state index in [1.165, 1.54) is 0 Å². The van der Waals surface area contributed by atoms with Crippen molar-refractivity contribution < 1.29 is 9.53 Å². The lowest BCUT2D eigenvalue weighted by Gasteiger charge is -2.08. The van der Waals surface area contributed by atoms with E-state index in [-0.39, 0.29) is 5.82 Å². The van der Waals surface area contributed by atoms with Gasteiger partial charge in [0.2, 0.25) is 5.82 Å². The maximum atomic E-state index is 12.9. The van der Waals surface area contributed by atoms with Gasteiger partial charge >= 0.3 is 0 Å². The van der Waals surface area contributed by atoms with Crippen molar-refractivity contribution in [2.45, 2.75) is 6.92 Å². The van der Waals surface area contributed by atoms with E-state index < -0.39 is 5.91 Å². The molecule has 0 aliphatic rings. The molecule has 3 aromatic carbocycles. The highest BCUT2D eigenvalue weighted by atomic mass is 35.5. The molecule has 0 atom stereocenters. The van der Waals surface area contributed by atoms with Gasteiger partial charge in [-0.25, -0.2) is 9.67 Å². The molecule has 1 amide bonds. The first-order valence-electron chi connectivity index (χ1n) is 9.67. The molecule has 1 heterocycles. The second kappa shape index (κ2) is 9.61. The summed E-state index contributed by atoms with van der Waals surface area (Å²) in [6.45, 7) is 2.48. The Kier molecular flexibility index (Phi) is 6.65. The number of nitrogens with one attached hydrogen (secondary N) is 1. The molecule has 0 radical (unpaired) electrons. The van der Waals surface area contributed by atoms with Gasteiger partial charge in [0.25, 0.3) is 5.91 Å². The second-order valence-electron chi connectivity index (χ2n) is 6.69. The summed E-state index contributed by atoms with van der Waals surface area (Å²) in [4.78, 5) is 17.4. The number of hydrogen-bond donors (Lipinski definition) is 1. The van der Waals surface area contributed by atoms with Gasteiger partial charge in [-0.1, -0.05) is 46.9 Å². The third kappa shape index (κ3) is 4.88. The highest BCUT2D eigenvalue weighted by Crippen LogP contribution is 2.27. The van der Waals surface area contributed by atoms with Crippen LogP contribution in [0.25, 0.3) is 17.1 Å². The molecule has 1 N–H and O–H groups in total. The van der Waals surface area contributed by atoms with Crippen molar-refractivity contribution in [3.63, 3.8) is 0 Å². The Bertz CT molecular complexity index is 1270. The van der Waals surface area contributed by atoms with Crippen molar-refractivity contribution >= 4 is 46.4 Å². The smallest absolute Gasteiger partial charge is 0.295 e. The van der Waals surface area contributed by atoms with Crippen molar-refractivity contribution in [1.29, 1.82) is 0 Å². The van der Waals surface area contributed by atoms with E-state index in [9.17, 15) is 4.79 Å². The van der Waals surface area contributed by atoms with Gasteiger partial charge in [0.15, 0.2) is 5.82 Å². The first-order valence-corrected chi connectivity index (χ1v) is 10.8. The molecule has 0 unspecified atom stereocenters. The van der Waals surface area contributed by atoms with Crippen molar-refractivity contribution in [2.75, 3.05) is 11.9 Å². The fourth-order valence-corrected chi connectivity index (χ4v) is 3.67. The van der Waals surface area contributed by atoms with Crippen LogP contribution in [0, 0.1) is 0 Å². The number of carbonyl (C=O) groups excluding carboxylic acids is 1. The monoisotopic (exact) mass is 486 g/mol. The average molecular weight is 488 g/mol. The van der Waals surface area contributed by atoms with Gasteiger partial charge in [-0.2, -0.15) is 0 Å². The van der Waals surface area contributed by atoms with Crippen LogP contribution in [0.1, 0.15) is 17.5 Å². The van der Waals surface area contributed by atoms with Crippen LogP contribution in [0.4, 0.5) is 5.69 Å². The number of halogens is 3. The normalized spacial score (nSPS) is 10.8. The largest absolute Gasteiger partial charge is 0.494 e. The zero-order chi connectivity index (χ0) is 22.7. The summed E-state index contributed by atoms with van der Waals surface area (Å²) < 4.78 is 7.09. The Hall–Kier alpha value is -3.06. The third-order valence-electron chi connectivity index (χ3n) is 4.46. The molecular formula is C23H17Cl3N4O2. The van der Waals surface area contributed by atoms with Crippen LogP contribution < -0.4 is 10.1 Å². The van der Waals surface area contributed by atoms with Crippen molar-refractivity contribution in [3.8, 4) is 22.8 Å². The summed E-state index contributed by atoms with van der Waals surface area (Å²) in [6, 6.07) is 19.3. The summed E-state index contributed by atoms with van der Waals surface area (Å²) in [7, 11) is 0. The Morgan fingerprint density at radius 3 is 2.44 bits per heavy atom. The van der Waals surface area contributed by atoms with Gasteiger partial charge in [0.1, 0.15) is 5.75 Å². The summed E-state index contributed by atoms with van der Waals surface area (Å²) in [5, 5.41) is 8.49. The molecule has 1 aromatic heterocycles. The van der Waals surface area contributed by atoms with E-state index in [1.54, 1.807) is 35.0 Å². The van der Waals surface area contributed by atoms with Gasteiger partial charge in [-0.05, 0) is 61.5 Å². The van der Waals surface area contributed by atoms with E-state index in [0.717, 1.165) is 5.75 Å². The number of benzene rings is 3. The van der Waals surface area contributed by atoms with Crippen molar-refractivity contribution in [3.05, 3.63) is 87.6 Å². The number of carbonyl (C=O) groups is 1. The number of nitrogens with zero attached hydrogens (tertiary/aromatic N) is 3. The van der Waals surface area contributed by atoms with Crippen LogP contribution in [0.2, 0.25) is 15.1 Å². The zero-order valence-corrected chi connectivity index (χ0v) is 19.1. The third-order valence-corrected chi connectivity index (χ3v) is 5.25. The predicted molar refractivity (Wildman–Crippen MR) is 127 cm³/mol. The van der Waals surface area contributed by atoms with Gasteiger partial charge in [-0.15, -0.1) is 5.10 Å². The number of hydrogen-bond acceptors (Lipinski definition) is 4. The Balaban J connectivity index is 1.74. The lowest BCUT2D eigenvalue weighted by molar-refractivity contribution is 0.101. The maximum Gasteiger partial charge on any atom is 0.295 e. The number of amides is 1. The molecule has 0 spiro atoms. The van der Waals surface area contributed by atoms with Crippen molar-refractivity contribution in [2.24, 2.45) is 0 Å². The van der Waals surface area contributed by atoms with Gasteiger partial charge in [-0.3, -0.25) is 4.79 Å². The molecule has 6 nitrogen and oxygen atoms in total. The number of rotatable bonds is 6. The highest BCUT2D eigenvalue weighted by molar-refractivity contribution is 6.36. The molecule has 0 fully saturated rings. The van der Waals surface area contributed by atoms with E-state index in [4.69, 9.17) is 39.5 Å². The Morgan fingerprint density at radius 2 is 1.75 bits per heavy atom. The van der Waals surface area contributed by atoms with E-state index in [1.807, 2.05) is 43.3 Å². The van der Waals surface area contributed by atoms with Crippen LogP contribution in [-0.4, -0.2) is 27.3 Å². The number of ether oxygens (including phenoxy) is 1. The van der Waals surface area contributed by atoms with Crippen LogP contribution in [0.5, 0.6) is 5.75 Å². The summed E-state index contributed by atoms with van der Waals surface area (Å²) in [5.41, 5.74) is 1.82. The fourth-order valence-electron chi connectivity index (χ4n) is 3.02. The molecule has 4 aromatic rings. The number of aromatic nitrogens is 3. The minimum atomic E-state index is -0.512. The lowest BCUT2D eigenvalue weighted by Crippen LogP contribution is -2.14. The van der Waals surface area contributed by atoms with Crippen LogP contribution in [0.3, 0.4) is 0 Å². The van der Waals surface area contributed by atoms with E-state index >= 15 is 0 Å². The second-order valence-corrected chi connectivity index (χ2v) is 7.97. The standard InChI is InChI=1S/C23H17Cl3N4O2/c1-2-32-18-9-7-17(8-10-18)30-22(14-4-3-5-15(24)12-14)28-21(29-30)23(31)27-20-11-6-16(25)13-19(20)26/h3-13H,2H2,1H3,(H,27,31). The molecule has 162 valence electrons. The van der Waals surface area contributed by atoms with Crippen molar-refractivity contribution in [1.82, 2.24) is 14.8 Å². The average Bonchev–Trinajstić information content (AvgIpc) is 3.22. The maximum absolute atomic E-state index is 12.9. The molecular weight excluding hydrogens is 471 g/mol. The van der Waals surface area contributed by atoms with Crippen LogP contribution >= 0.6 is 34.8 Å². The number of anilines is 1. The summed E-state index contributed by atoms with van der Waals surface area (Å²) in [6.07, 6.45) is 0. The molecule has 0 saturated carbocycles. The first kappa shape index (κ1) is 22.1. The summed E-state index contributed by atoms with van der Waals surface area (Å²) >= 11 is 18.3. The zero-order valence-electron chi connectivity index (χ0n) is 16.8. The molecule has 0 bridgehead atoms. The predicted octanol–water partition coefficient (Wildman–Crippen LogP) is 6.55. The molecule has 0 aliphatic heterocycles. The minimum Gasteiger partial charge on any atom is -0.494 e. The van der Waals surface area contributed by atoms with Crippen LogP contribution in [0.15, 0.2) is 66.7 Å². The molecule has 0 aliphatic carbocycles. The van der Waals surface area contributed by atoms with Gasteiger partial charge in [0.05, 0.1) is 23.0 Å². The van der Waals surface area contributed by atoms with E-state index in [2.05, 4.69) is 15.4 Å². The highest BCUT2D eigenvalue weighted by Gasteiger charge is 2.20. The van der Waals surface area contributed by atoms with Gasteiger partial charge < -0.3 is 10.1 Å². The van der Waals surface area contributed by atoms with Gasteiger partial charge in [0, 0.05) is 15.6 Å². The molecule has 32 heavy (non-hydrogen) atoms. The molecule has 4 rings (SSSR count). The molecule has 9 heteroatoms. The first-order chi connectivity index (χ1) is 15.4. The van der Waals surface area contributed by atoms with E-state index in [0.29, 0.717) is 44.4 Å². The topological polar surface area (TPSA) is 69.0 Å². The SMILES string of the molecule is CCOc1ccc(-n2nc(C(=O)Nc3ccc(Cl)cc3Cl)nc2-c2cccc(Cl)c2)cc1. The Morgan fingerprint density at radius 1 is 1.00 bits per heavy atom. The summed E-state index contributed by atoms with van der Waals surface area (Å²) in [5.74, 6) is 0.655. The Labute approximate surface area is 199 Å². The van der Waals surface area contributed by atoms with Crippen LogP contribution in [-0.2, 0) is 0 Å². The fraction of sp³-hybridized carbons (Fsp3) is 0.0870.